The minimum Gasteiger partial charge on any atom is -0.385 e. The highest BCUT2D eigenvalue weighted by molar-refractivity contribution is 9.11. The number of halogens is 2. The van der Waals surface area contributed by atoms with Gasteiger partial charge in [-0.2, -0.15) is 0 Å². The standard InChI is InChI=1S/C10H7Br2N3O4S2/c11-5-2-1-3-6(12)9(5)14-21(18,19)8-4-7(15(16)17)10(13)20-8/h1-4,14H,13H2. The Balaban J connectivity index is 2.44. The number of nitrogens with zero attached hydrogens (tertiary/aromatic N) is 1. The number of nitrogens with one attached hydrogen (secondary N) is 1. The summed E-state index contributed by atoms with van der Waals surface area (Å²) < 4.78 is 27.7. The summed E-state index contributed by atoms with van der Waals surface area (Å²) in [6.07, 6.45) is 0. The Bertz CT molecular complexity index is 799. The lowest BCUT2D eigenvalue weighted by molar-refractivity contribution is -0.383. The Morgan fingerprint density at radius 3 is 2.33 bits per heavy atom. The maximum absolute atomic E-state index is 12.3. The summed E-state index contributed by atoms with van der Waals surface area (Å²) in [6.45, 7) is 0. The molecule has 7 nitrogen and oxygen atoms in total. The highest BCUT2D eigenvalue weighted by atomic mass is 79.9. The van der Waals surface area contributed by atoms with Gasteiger partial charge >= 0.3 is 5.69 Å². The van der Waals surface area contributed by atoms with Gasteiger partial charge in [-0.25, -0.2) is 8.42 Å². The Labute approximate surface area is 140 Å². The molecule has 0 bridgehead atoms. The first-order chi connectivity index (χ1) is 9.72. The van der Waals surface area contributed by atoms with Crippen LogP contribution in [0, 0.1) is 10.1 Å². The summed E-state index contributed by atoms with van der Waals surface area (Å²) in [5, 5.41) is 10.6. The van der Waals surface area contributed by atoms with Crippen molar-refractivity contribution in [3.63, 3.8) is 0 Å². The molecular formula is C10H7Br2N3O4S2. The van der Waals surface area contributed by atoms with Gasteiger partial charge in [-0.05, 0) is 44.0 Å². The quantitative estimate of drug-likeness (QED) is 0.538. The van der Waals surface area contributed by atoms with Crippen LogP contribution in [0.1, 0.15) is 0 Å². The van der Waals surface area contributed by atoms with Gasteiger partial charge in [-0.1, -0.05) is 17.4 Å². The lowest BCUT2D eigenvalue weighted by Gasteiger charge is -2.09. The monoisotopic (exact) mass is 455 g/mol. The molecule has 0 saturated heterocycles. The molecule has 112 valence electrons. The zero-order chi connectivity index (χ0) is 15.8. The molecule has 0 spiro atoms. The molecule has 0 radical (unpaired) electrons. The first-order valence-corrected chi connectivity index (χ1v) is 9.11. The number of nitrogen functional groups attached to an aromatic ring is 1. The van der Waals surface area contributed by atoms with E-state index in [1.807, 2.05) is 0 Å². The topological polar surface area (TPSA) is 115 Å². The molecule has 0 fully saturated rings. The number of hydrogen-bond donors (Lipinski definition) is 2. The normalized spacial score (nSPS) is 11.3. The highest BCUT2D eigenvalue weighted by Crippen LogP contribution is 2.37. The Kier molecular flexibility index (Phi) is 4.56. The van der Waals surface area contributed by atoms with E-state index in [-0.39, 0.29) is 9.21 Å². The number of thiophene rings is 1. The molecule has 0 aliphatic rings. The molecule has 2 aromatic rings. The van der Waals surface area contributed by atoms with Crippen LogP contribution < -0.4 is 10.5 Å². The van der Waals surface area contributed by atoms with Gasteiger partial charge in [0.2, 0.25) is 0 Å². The predicted molar refractivity (Wildman–Crippen MR) is 88.0 cm³/mol. The molecular weight excluding hydrogens is 450 g/mol. The summed E-state index contributed by atoms with van der Waals surface area (Å²) in [4.78, 5) is 10.0. The number of nitro groups is 1. The Morgan fingerprint density at radius 2 is 1.86 bits per heavy atom. The van der Waals surface area contributed by atoms with Gasteiger partial charge in [0.15, 0.2) is 5.00 Å². The number of sulfonamides is 1. The van der Waals surface area contributed by atoms with Crippen molar-refractivity contribution in [2.24, 2.45) is 0 Å². The second-order valence-electron chi connectivity index (χ2n) is 3.77. The van der Waals surface area contributed by atoms with Gasteiger partial charge in [-0.15, -0.1) is 0 Å². The number of nitrogens with two attached hydrogens (primary N) is 1. The zero-order valence-electron chi connectivity index (χ0n) is 10.0. The van der Waals surface area contributed by atoms with Crippen molar-refractivity contribution in [1.29, 1.82) is 0 Å². The summed E-state index contributed by atoms with van der Waals surface area (Å²) in [7, 11) is -3.97. The van der Waals surface area contributed by atoms with Crippen molar-refractivity contribution in [2.75, 3.05) is 10.5 Å². The van der Waals surface area contributed by atoms with E-state index in [1.165, 1.54) is 0 Å². The molecule has 2 rings (SSSR count). The maximum atomic E-state index is 12.3. The van der Waals surface area contributed by atoms with Gasteiger partial charge in [0.25, 0.3) is 10.0 Å². The number of para-hydroxylation sites is 1. The fourth-order valence-electron chi connectivity index (χ4n) is 1.43. The van der Waals surface area contributed by atoms with Crippen LogP contribution in [0.4, 0.5) is 16.4 Å². The molecule has 1 heterocycles. The van der Waals surface area contributed by atoms with E-state index in [2.05, 4.69) is 36.6 Å². The fraction of sp³-hybridized carbons (Fsp3) is 0. The third kappa shape index (κ3) is 3.36. The molecule has 21 heavy (non-hydrogen) atoms. The lowest BCUT2D eigenvalue weighted by Crippen LogP contribution is -2.12. The van der Waals surface area contributed by atoms with E-state index in [4.69, 9.17) is 5.73 Å². The number of rotatable bonds is 4. The van der Waals surface area contributed by atoms with Crippen LogP contribution in [-0.2, 0) is 10.0 Å². The van der Waals surface area contributed by atoms with E-state index in [0.29, 0.717) is 26.0 Å². The van der Waals surface area contributed by atoms with E-state index in [1.54, 1.807) is 18.2 Å². The highest BCUT2D eigenvalue weighted by Gasteiger charge is 2.25. The molecule has 3 N–H and O–H groups in total. The molecule has 1 aromatic heterocycles. The van der Waals surface area contributed by atoms with Gasteiger partial charge < -0.3 is 5.73 Å². The van der Waals surface area contributed by atoms with Gasteiger partial charge in [0.05, 0.1) is 10.6 Å². The average molecular weight is 457 g/mol. The summed E-state index contributed by atoms with van der Waals surface area (Å²) >= 11 is 7.09. The minimum atomic E-state index is -3.97. The molecule has 0 atom stereocenters. The third-order valence-corrected chi connectivity index (χ3v) is 6.48. The first-order valence-electron chi connectivity index (χ1n) is 5.23. The van der Waals surface area contributed by atoms with Crippen LogP contribution >= 0.6 is 43.2 Å². The SMILES string of the molecule is Nc1sc(S(=O)(=O)Nc2c(Br)cccc2Br)cc1[N+](=O)[O-]. The van der Waals surface area contributed by atoms with E-state index in [0.717, 1.165) is 6.07 Å². The number of hydrogen-bond acceptors (Lipinski definition) is 6. The van der Waals surface area contributed by atoms with Crippen LogP contribution in [0.5, 0.6) is 0 Å². The van der Waals surface area contributed by atoms with Gasteiger partial charge in [0.1, 0.15) is 4.21 Å². The van der Waals surface area contributed by atoms with E-state index < -0.39 is 20.6 Å². The zero-order valence-corrected chi connectivity index (χ0v) is 14.8. The smallest absolute Gasteiger partial charge is 0.304 e. The third-order valence-electron chi connectivity index (χ3n) is 2.38. The molecule has 0 saturated carbocycles. The molecule has 0 aliphatic heterocycles. The van der Waals surface area contributed by atoms with Crippen molar-refractivity contribution in [3.8, 4) is 0 Å². The Hall–Kier alpha value is -1.17. The van der Waals surface area contributed by atoms with Crippen molar-refractivity contribution >= 4 is 69.6 Å². The molecule has 0 unspecified atom stereocenters. The van der Waals surface area contributed by atoms with Crippen LogP contribution in [0.2, 0.25) is 0 Å². The van der Waals surface area contributed by atoms with Crippen molar-refractivity contribution < 1.29 is 13.3 Å². The summed E-state index contributed by atoms with van der Waals surface area (Å²) in [6, 6.07) is 5.98. The van der Waals surface area contributed by atoms with E-state index >= 15 is 0 Å². The summed E-state index contributed by atoms with van der Waals surface area (Å²) in [5.74, 6) is 0. The second kappa shape index (κ2) is 5.91. The maximum Gasteiger partial charge on any atom is 0.304 e. The largest absolute Gasteiger partial charge is 0.385 e. The molecule has 11 heteroatoms. The number of anilines is 2. The van der Waals surface area contributed by atoms with Crippen molar-refractivity contribution in [3.05, 3.63) is 43.3 Å². The van der Waals surface area contributed by atoms with Crippen LogP contribution in [0.25, 0.3) is 0 Å². The summed E-state index contributed by atoms with van der Waals surface area (Å²) in [5.41, 5.74) is 5.33. The van der Waals surface area contributed by atoms with Crippen molar-refractivity contribution in [2.45, 2.75) is 4.21 Å². The first kappa shape index (κ1) is 16.2. The van der Waals surface area contributed by atoms with Crippen molar-refractivity contribution in [1.82, 2.24) is 0 Å². The van der Waals surface area contributed by atoms with Gasteiger partial charge in [-0.3, -0.25) is 14.8 Å². The van der Waals surface area contributed by atoms with Crippen LogP contribution in [0.3, 0.4) is 0 Å². The molecule has 0 aliphatic carbocycles. The van der Waals surface area contributed by atoms with Crippen LogP contribution in [-0.4, -0.2) is 13.3 Å². The predicted octanol–water partition coefficient (Wildman–Crippen LogP) is 3.56. The van der Waals surface area contributed by atoms with Gasteiger partial charge in [0, 0.05) is 15.0 Å². The Morgan fingerprint density at radius 1 is 1.29 bits per heavy atom. The second-order valence-corrected chi connectivity index (χ2v) is 8.48. The van der Waals surface area contributed by atoms with E-state index in [9.17, 15) is 18.5 Å². The lowest BCUT2D eigenvalue weighted by atomic mass is 10.3. The average Bonchev–Trinajstić information content (AvgIpc) is 2.77. The number of benzene rings is 1. The molecule has 1 aromatic carbocycles. The van der Waals surface area contributed by atoms with Crippen LogP contribution in [0.15, 0.2) is 37.4 Å². The fourth-order valence-corrected chi connectivity index (χ4v) is 5.20. The molecule has 0 amide bonds. The minimum absolute atomic E-state index is 0.161.